The Morgan fingerprint density at radius 1 is 0.821 bits per heavy atom. The molecule has 2 N–H and O–H groups in total. The lowest BCUT2D eigenvalue weighted by atomic mass is 10.1. The molecule has 4 rings (SSSR count). The molecule has 0 unspecified atom stereocenters. The summed E-state index contributed by atoms with van der Waals surface area (Å²) < 4.78 is 32.3. The number of rotatable bonds is 8. The Hall–Kier alpha value is -4.34. The zero-order valence-electron chi connectivity index (χ0n) is 22.3. The second kappa shape index (κ2) is 12.5. The van der Waals surface area contributed by atoms with E-state index in [4.69, 9.17) is 4.74 Å². The van der Waals surface area contributed by atoms with Gasteiger partial charge in [0.1, 0.15) is 5.75 Å². The van der Waals surface area contributed by atoms with E-state index in [0.29, 0.717) is 37.4 Å². The van der Waals surface area contributed by atoms with E-state index in [9.17, 15) is 18.4 Å². The number of hydrogen-bond donors (Lipinski definition) is 2. The smallest absolute Gasteiger partial charge is 0.323 e. The molecule has 0 aliphatic carbocycles. The highest BCUT2D eigenvalue weighted by atomic mass is 19.2. The van der Waals surface area contributed by atoms with Crippen LogP contribution in [0.1, 0.15) is 24.2 Å². The number of hydrogen-bond acceptors (Lipinski definition) is 5. The number of nitrogens with zero attached hydrogens (tertiary/aromatic N) is 3. The Labute approximate surface area is 227 Å². The van der Waals surface area contributed by atoms with Crippen molar-refractivity contribution in [2.24, 2.45) is 0 Å². The zero-order chi connectivity index (χ0) is 27.9. The number of nitrogens with one attached hydrogen (secondary N) is 2. The molecule has 3 amide bonds. The van der Waals surface area contributed by atoms with Crippen LogP contribution in [0.15, 0.2) is 60.7 Å². The van der Waals surface area contributed by atoms with Crippen LogP contribution in [-0.2, 0) is 0 Å². The van der Waals surface area contributed by atoms with Crippen LogP contribution < -0.4 is 25.2 Å². The summed E-state index contributed by atoms with van der Waals surface area (Å²) in [5.41, 5.74) is 2.82. The summed E-state index contributed by atoms with van der Waals surface area (Å²) in [4.78, 5) is 32.2. The molecule has 1 aliphatic heterocycles. The average Bonchev–Trinajstić information content (AvgIpc) is 2.95. The van der Waals surface area contributed by atoms with E-state index in [1.165, 1.54) is 6.07 Å². The fraction of sp³-hybridized carbons (Fsp3) is 0.310. The first-order chi connectivity index (χ1) is 18.8. The maximum Gasteiger partial charge on any atom is 0.323 e. The standard InChI is InChI=1S/C29H33F2N5O3/c1-4-34(5-2)28(37)22-18-20(32-29(38)33-21-10-12-23(30)24(31)19-21)11-13-25(22)35-14-16-36(17-15-35)26-8-6-7-9-27(26)39-3/h6-13,18-19H,4-5,14-17H2,1-3H3,(H2,32,33,38). The van der Waals surface area contributed by atoms with Crippen molar-refractivity contribution in [1.29, 1.82) is 0 Å². The maximum atomic E-state index is 13.5. The van der Waals surface area contributed by atoms with Crippen molar-refractivity contribution in [3.05, 3.63) is 77.9 Å². The summed E-state index contributed by atoms with van der Waals surface area (Å²) >= 11 is 0. The molecule has 0 saturated carbocycles. The van der Waals surface area contributed by atoms with Gasteiger partial charge in [-0.3, -0.25) is 4.79 Å². The summed E-state index contributed by atoms with van der Waals surface area (Å²) in [7, 11) is 1.66. The molecule has 0 bridgehead atoms. The minimum atomic E-state index is -1.06. The summed E-state index contributed by atoms with van der Waals surface area (Å²) in [6.45, 7) is 7.82. The van der Waals surface area contributed by atoms with Crippen molar-refractivity contribution < 1.29 is 23.1 Å². The van der Waals surface area contributed by atoms with Gasteiger partial charge in [0, 0.05) is 62.4 Å². The highest BCUT2D eigenvalue weighted by molar-refractivity contribution is 6.04. The Balaban J connectivity index is 1.54. The molecule has 0 atom stereocenters. The lowest BCUT2D eigenvalue weighted by Gasteiger charge is -2.38. The van der Waals surface area contributed by atoms with Gasteiger partial charge in [-0.05, 0) is 56.3 Å². The lowest BCUT2D eigenvalue weighted by Crippen LogP contribution is -2.47. The van der Waals surface area contributed by atoms with Crippen LogP contribution in [0.4, 0.5) is 36.3 Å². The van der Waals surface area contributed by atoms with E-state index in [2.05, 4.69) is 20.4 Å². The van der Waals surface area contributed by atoms with Gasteiger partial charge in [-0.25, -0.2) is 13.6 Å². The first-order valence-electron chi connectivity index (χ1n) is 12.9. The Bertz CT molecular complexity index is 1320. The molecule has 8 nitrogen and oxygen atoms in total. The number of halogens is 2. The molecule has 0 radical (unpaired) electrons. The first kappa shape index (κ1) is 27.7. The van der Waals surface area contributed by atoms with Gasteiger partial charge in [0.15, 0.2) is 11.6 Å². The number of carbonyl (C=O) groups excluding carboxylic acids is 2. The summed E-state index contributed by atoms with van der Waals surface area (Å²) in [6.07, 6.45) is 0. The van der Waals surface area contributed by atoms with E-state index in [0.717, 1.165) is 42.3 Å². The number of para-hydroxylation sites is 2. The van der Waals surface area contributed by atoms with Crippen molar-refractivity contribution in [2.75, 3.05) is 66.8 Å². The maximum absolute atomic E-state index is 13.5. The monoisotopic (exact) mass is 537 g/mol. The first-order valence-corrected chi connectivity index (χ1v) is 12.9. The van der Waals surface area contributed by atoms with Gasteiger partial charge in [0.05, 0.1) is 18.4 Å². The van der Waals surface area contributed by atoms with E-state index >= 15 is 0 Å². The quantitative estimate of drug-likeness (QED) is 0.401. The highest BCUT2D eigenvalue weighted by Gasteiger charge is 2.25. The molecule has 0 spiro atoms. The Kier molecular flexibility index (Phi) is 8.85. The minimum Gasteiger partial charge on any atom is -0.495 e. The SMILES string of the molecule is CCN(CC)C(=O)c1cc(NC(=O)Nc2ccc(F)c(F)c2)ccc1N1CCN(c2ccccc2OC)CC1. The predicted molar refractivity (Wildman–Crippen MR) is 150 cm³/mol. The Morgan fingerprint density at radius 3 is 2.03 bits per heavy atom. The number of amides is 3. The van der Waals surface area contributed by atoms with Crippen molar-refractivity contribution in [2.45, 2.75) is 13.8 Å². The van der Waals surface area contributed by atoms with Crippen molar-refractivity contribution in [3.8, 4) is 5.75 Å². The Morgan fingerprint density at radius 2 is 1.41 bits per heavy atom. The van der Waals surface area contributed by atoms with Gasteiger partial charge in [0.25, 0.3) is 5.91 Å². The molecule has 3 aromatic rings. The number of methoxy groups -OCH3 is 1. The largest absolute Gasteiger partial charge is 0.495 e. The van der Waals surface area contributed by atoms with Crippen molar-refractivity contribution in [1.82, 2.24) is 4.90 Å². The summed E-state index contributed by atoms with van der Waals surface area (Å²) in [5, 5.41) is 5.17. The van der Waals surface area contributed by atoms with Crippen LogP contribution in [0.25, 0.3) is 0 Å². The van der Waals surface area contributed by atoms with Crippen LogP contribution in [-0.4, -0.2) is 63.2 Å². The van der Waals surface area contributed by atoms with Gasteiger partial charge in [-0.1, -0.05) is 12.1 Å². The van der Waals surface area contributed by atoms with Crippen molar-refractivity contribution in [3.63, 3.8) is 0 Å². The number of anilines is 4. The van der Waals surface area contributed by atoms with E-state index in [1.807, 2.05) is 44.2 Å². The predicted octanol–water partition coefficient (Wildman–Crippen LogP) is 5.43. The molecule has 0 aromatic heterocycles. The molecular formula is C29H33F2N5O3. The number of benzene rings is 3. The molecule has 10 heteroatoms. The molecule has 1 fully saturated rings. The minimum absolute atomic E-state index is 0.107. The third-order valence-corrected chi connectivity index (χ3v) is 6.76. The summed E-state index contributed by atoms with van der Waals surface area (Å²) in [6, 6.07) is 15.6. The molecule has 3 aromatic carbocycles. The average molecular weight is 538 g/mol. The number of carbonyl (C=O) groups is 2. The lowest BCUT2D eigenvalue weighted by molar-refractivity contribution is 0.0773. The molecule has 1 aliphatic rings. The van der Waals surface area contributed by atoms with Crippen LogP contribution in [0.5, 0.6) is 5.75 Å². The third kappa shape index (κ3) is 6.39. The van der Waals surface area contributed by atoms with E-state index in [-0.39, 0.29) is 11.6 Å². The molecular weight excluding hydrogens is 504 g/mol. The van der Waals surface area contributed by atoms with Gasteiger partial charge < -0.3 is 30.1 Å². The molecule has 206 valence electrons. The van der Waals surface area contributed by atoms with Crippen LogP contribution in [0, 0.1) is 11.6 Å². The van der Waals surface area contributed by atoms with Gasteiger partial charge >= 0.3 is 6.03 Å². The van der Waals surface area contributed by atoms with Crippen molar-refractivity contribution >= 4 is 34.7 Å². The normalized spacial score (nSPS) is 13.2. The number of piperazine rings is 1. The van der Waals surface area contributed by atoms with Crippen LogP contribution in [0.3, 0.4) is 0 Å². The fourth-order valence-corrected chi connectivity index (χ4v) is 4.69. The molecule has 1 saturated heterocycles. The van der Waals surface area contributed by atoms with Gasteiger partial charge in [0.2, 0.25) is 0 Å². The third-order valence-electron chi connectivity index (χ3n) is 6.76. The van der Waals surface area contributed by atoms with Crippen LogP contribution >= 0.6 is 0 Å². The fourth-order valence-electron chi connectivity index (χ4n) is 4.69. The summed E-state index contributed by atoms with van der Waals surface area (Å²) in [5.74, 6) is -1.37. The topological polar surface area (TPSA) is 77.2 Å². The van der Waals surface area contributed by atoms with E-state index in [1.54, 1.807) is 24.1 Å². The van der Waals surface area contributed by atoms with Gasteiger partial charge in [-0.15, -0.1) is 0 Å². The number of ether oxygens (including phenoxy) is 1. The molecule has 1 heterocycles. The molecule has 39 heavy (non-hydrogen) atoms. The van der Waals surface area contributed by atoms with Gasteiger partial charge in [-0.2, -0.15) is 0 Å². The number of urea groups is 1. The zero-order valence-corrected chi connectivity index (χ0v) is 22.3. The highest BCUT2D eigenvalue weighted by Crippen LogP contribution is 2.31. The second-order valence-corrected chi connectivity index (χ2v) is 9.06. The van der Waals surface area contributed by atoms with E-state index < -0.39 is 17.7 Å². The van der Waals surface area contributed by atoms with Crippen LogP contribution in [0.2, 0.25) is 0 Å². The second-order valence-electron chi connectivity index (χ2n) is 9.06.